The Morgan fingerprint density at radius 1 is 1.15 bits per heavy atom. The third-order valence-corrected chi connectivity index (χ3v) is 4.98. The van der Waals surface area contributed by atoms with Gasteiger partial charge in [0.15, 0.2) is 5.96 Å². The molecule has 0 bridgehead atoms. The summed E-state index contributed by atoms with van der Waals surface area (Å²) in [5, 5.41) is 6.88. The van der Waals surface area contributed by atoms with Gasteiger partial charge < -0.3 is 20.3 Å². The maximum atomic E-state index is 5.97. The predicted molar refractivity (Wildman–Crippen MR) is 114 cm³/mol. The average Bonchev–Trinajstić information content (AvgIpc) is 2.63. The molecule has 27 heavy (non-hydrogen) atoms. The van der Waals surface area contributed by atoms with E-state index in [0.29, 0.717) is 12.6 Å². The van der Waals surface area contributed by atoms with E-state index in [9.17, 15) is 0 Å². The summed E-state index contributed by atoms with van der Waals surface area (Å²) in [6.45, 7) is 14.6. The van der Waals surface area contributed by atoms with Crippen LogP contribution >= 0.6 is 0 Å². The van der Waals surface area contributed by atoms with Crippen LogP contribution in [0.5, 0.6) is 5.75 Å². The smallest absolute Gasteiger partial charge is 0.191 e. The molecule has 1 atom stereocenters. The first kappa shape index (κ1) is 21.5. The molecule has 1 unspecified atom stereocenters. The molecule has 0 aromatic heterocycles. The second-order valence-electron chi connectivity index (χ2n) is 7.77. The van der Waals surface area contributed by atoms with Gasteiger partial charge in [-0.2, -0.15) is 0 Å². The van der Waals surface area contributed by atoms with Crippen LogP contribution in [0.15, 0.2) is 23.2 Å². The van der Waals surface area contributed by atoms with Crippen molar-refractivity contribution in [2.24, 2.45) is 4.99 Å². The van der Waals surface area contributed by atoms with Crippen LogP contribution in [0.25, 0.3) is 0 Å². The van der Waals surface area contributed by atoms with E-state index < -0.39 is 0 Å². The van der Waals surface area contributed by atoms with Gasteiger partial charge in [0, 0.05) is 57.9 Å². The van der Waals surface area contributed by atoms with Crippen LogP contribution in [0.1, 0.15) is 31.9 Å². The molecule has 2 N–H and O–H groups in total. The molecule has 2 rings (SSSR count). The summed E-state index contributed by atoms with van der Waals surface area (Å²) < 4.78 is 5.97. The number of aliphatic imine (C=N–C) groups is 1. The van der Waals surface area contributed by atoms with Crippen molar-refractivity contribution in [3.05, 3.63) is 29.3 Å². The quantitative estimate of drug-likeness (QED) is 0.565. The van der Waals surface area contributed by atoms with Crippen molar-refractivity contribution in [1.82, 2.24) is 20.4 Å². The van der Waals surface area contributed by atoms with Gasteiger partial charge in [-0.15, -0.1) is 0 Å². The number of nitrogens with zero attached hydrogens (tertiary/aromatic N) is 3. The molecule has 1 saturated heterocycles. The Bertz CT molecular complexity index is 609. The van der Waals surface area contributed by atoms with Gasteiger partial charge in [-0.3, -0.25) is 9.89 Å². The SMILES string of the molecule is CN=C(NCc1ccc(C)cc1OC(C)C)NCC(C)N1CCN(C)CC1. The van der Waals surface area contributed by atoms with E-state index in [-0.39, 0.29) is 6.10 Å². The van der Waals surface area contributed by atoms with Crippen LogP contribution in [-0.2, 0) is 6.54 Å². The molecular weight excluding hydrogens is 338 g/mol. The van der Waals surface area contributed by atoms with Gasteiger partial charge in [0.2, 0.25) is 0 Å². The fraction of sp³-hybridized carbons (Fsp3) is 0.667. The average molecular weight is 376 g/mol. The van der Waals surface area contributed by atoms with Gasteiger partial charge in [0.1, 0.15) is 5.75 Å². The van der Waals surface area contributed by atoms with Crippen LogP contribution in [0.4, 0.5) is 0 Å². The Morgan fingerprint density at radius 3 is 2.48 bits per heavy atom. The second-order valence-corrected chi connectivity index (χ2v) is 7.77. The molecule has 6 heteroatoms. The largest absolute Gasteiger partial charge is 0.491 e. The van der Waals surface area contributed by atoms with Crippen molar-refractivity contribution in [3.8, 4) is 5.75 Å². The first-order chi connectivity index (χ1) is 12.9. The third kappa shape index (κ3) is 7.03. The standard InChI is InChI=1S/C21H37N5O/c1-16(2)27-20-13-17(3)7-8-19(20)15-24-21(22-5)23-14-18(4)26-11-9-25(6)10-12-26/h7-8,13,16,18H,9-12,14-15H2,1-6H3,(H2,22,23,24). The number of benzene rings is 1. The van der Waals surface area contributed by atoms with Gasteiger partial charge in [-0.1, -0.05) is 12.1 Å². The van der Waals surface area contributed by atoms with Crippen LogP contribution in [0.2, 0.25) is 0 Å². The minimum absolute atomic E-state index is 0.160. The highest BCUT2D eigenvalue weighted by Crippen LogP contribution is 2.21. The zero-order valence-electron chi connectivity index (χ0n) is 17.9. The lowest BCUT2D eigenvalue weighted by Crippen LogP contribution is -2.52. The van der Waals surface area contributed by atoms with Crippen molar-refractivity contribution in [1.29, 1.82) is 0 Å². The third-order valence-electron chi connectivity index (χ3n) is 4.98. The molecule has 0 spiro atoms. The number of hydrogen-bond acceptors (Lipinski definition) is 4. The van der Waals surface area contributed by atoms with Crippen molar-refractivity contribution in [2.45, 2.75) is 46.4 Å². The molecule has 152 valence electrons. The van der Waals surface area contributed by atoms with Crippen molar-refractivity contribution in [3.63, 3.8) is 0 Å². The zero-order chi connectivity index (χ0) is 19.8. The Morgan fingerprint density at radius 2 is 1.85 bits per heavy atom. The molecule has 1 fully saturated rings. The minimum Gasteiger partial charge on any atom is -0.491 e. The number of hydrogen-bond donors (Lipinski definition) is 2. The number of guanidine groups is 1. The number of rotatable bonds is 7. The summed E-state index contributed by atoms with van der Waals surface area (Å²) in [5.41, 5.74) is 2.35. The lowest BCUT2D eigenvalue weighted by molar-refractivity contribution is 0.120. The Labute approximate surface area is 165 Å². The van der Waals surface area contributed by atoms with Crippen LogP contribution in [0, 0.1) is 6.92 Å². The maximum Gasteiger partial charge on any atom is 0.191 e. The Hall–Kier alpha value is -1.79. The maximum absolute atomic E-state index is 5.97. The van der Waals surface area contributed by atoms with Gasteiger partial charge in [0.05, 0.1) is 6.10 Å². The topological polar surface area (TPSA) is 52.1 Å². The van der Waals surface area contributed by atoms with Crippen molar-refractivity contribution in [2.75, 3.05) is 46.8 Å². The van der Waals surface area contributed by atoms with Crippen LogP contribution in [0.3, 0.4) is 0 Å². The number of nitrogens with one attached hydrogen (secondary N) is 2. The summed E-state index contributed by atoms with van der Waals surface area (Å²) in [4.78, 5) is 9.29. The van der Waals surface area contributed by atoms with E-state index in [4.69, 9.17) is 4.74 Å². The van der Waals surface area contributed by atoms with E-state index in [1.807, 2.05) is 7.05 Å². The Kier molecular flexibility index (Phi) is 8.38. The molecule has 6 nitrogen and oxygen atoms in total. The van der Waals surface area contributed by atoms with Crippen molar-refractivity contribution >= 4 is 5.96 Å². The number of ether oxygens (including phenoxy) is 1. The van der Waals surface area contributed by atoms with Crippen LogP contribution < -0.4 is 15.4 Å². The molecule has 0 amide bonds. The lowest BCUT2D eigenvalue weighted by Gasteiger charge is -2.36. The van der Waals surface area contributed by atoms with E-state index in [1.165, 1.54) is 5.56 Å². The fourth-order valence-corrected chi connectivity index (χ4v) is 3.21. The highest BCUT2D eigenvalue weighted by molar-refractivity contribution is 5.79. The zero-order valence-corrected chi connectivity index (χ0v) is 17.9. The van der Waals surface area contributed by atoms with Gasteiger partial charge >= 0.3 is 0 Å². The molecule has 0 saturated carbocycles. The molecule has 1 aromatic carbocycles. The number of likely N-dealkylation sites (N-methyl/N-ethyl adjacent to an activating group) is 1. The molecule has 1 aliphatic heterocycles. The minimum atomic E-state index is 0.160. The first-order valence-electron chi connectivity index (χ1n) is 10.0. The summed E-state index contributed by atoms with van der Waals surface area (Å²) in [6.07, 6.45) is 0.160. The van der Waals surface area contributed by atoms with Gasteiger partial charge in [-0.05, 0) is 46.4 Å². The van der Waals surface area contributed by atoms with E-state index in [0.717, 1.165) is 50.0 Å². The first-order valence-corrected chi connectivity index (χ1v) is 10.0. The molecular formula is C21H37N5O. The second kappa shape index (κ2) is 10.5. The van der Waals surface area contributed by atoms with Crippen LogP contribution in [-0.4, -0.2) is 74.7 Å². The van der Waals surface area contributed by atoms with E-state index >= 15 is 0 Å². The molecule has 1 aromatic rings. The number of piperazine rings is 1. The normalized spacial score (nSPS) is 17.8. The van der Waals surface area contributed by atoms with Gasteiger partial charge in [0.25, 0.3) is 0 Å². The summed E-state index contributed by atoms with van der Waals surface area (Å²) in [5.74, 6) is 1.77. The lowest BCUT2D eigenvalue weighted by atomic mass is 10.1. The fourth-order valence-electron chi connectivity index (χ4n) is 3.21. The number of aryl methyl sites for hydroxylation is 1. The molecule has 0 radical (unpaired) electrons. The molecule has 0 aliphatic carbocycles. The van der Waals surface area contributed by atoms with E-state index in [1.54, 1.807) is 0 Å². The monoisotopic (exact) mass is 375 g/mol. The molecule has 1 heterocycles. The predicted octanol–water partition coefficient (Wildman–Crippen LogP) is 2.08. The Balaban J connectivity index is 1.85. The summed E-state index contributed by atoms with van der Waals surface area (Å²) in [7, 11) is 4.00. The van der Waals surface area contributed by atoms with Gasteiger partial charge in [-0.25, -0.2) is 0 Å². The van der Waals surface area contributed by atoms with E-state index in [2.05, 4.69) is 78.4 Å². The highest BCUT2D eigenvalue weighted by atomic mass is 16.5. The molecule has 1 aliphatic rings. The summed E-state index contributed by atoms with van der Waals surface area (Å²) in [6, 6.07) is 6.83. The summed E-state index contributed by atoms with van der Waals surface area (Å²) >= 11 is 0. The highest BCUT2D eigenvalue weighted by Gasteiger charge is 2.19. The van der Waals surface area contributed by atoms with Crippen molar-refractivity contribution < 1.29 is 4.74 Å².